The number of aliphatic hydroxyl groups excluding tert-OH is 1. The Labute approximate surface area is 63.7 Å². The highest BCUT2D eigenvalue weighted by Gasteiger charge is 2.01. The van der Waals surface area contributed by atoms with E-state index in [9.17, 15) is 0 Å². The number of aromatic nitrogens is 2. The Hall–Kier alpha value is -0.670. The van der Waals surface area contributed by atoms with Gasteiger partial charge in [0.2, 0.25) is 0 Å². The van der Waals surface area contributed by atoms with Crippen LogP contribution in [0.1, 0.15) is 18.9 Å². The molecule has 3 nitrogen and oxygen atoms in total. The van der Waals surface area contributed by atoms with Gasteiger partial charge < -0.3 is 5.11 Å². The third-order valence-corrected chi connectivity index (χ3v) is 1.21. The predicted octanol–water partition coefficient (Wildman–Crippen LogP) is 1.18. The molecule has 1 unspecified atom stereocenters. The Morgan fingerprint density at radius 3 is 2.40 bits per heavy atom. The first-order valence-corrected chi connectivity index (χ1v) is 3.23. The molecule has 0 radical (unpaired) electrons. The second-order valence-corrected chi connectivity index (χ2v) is 2.37. The smallest absolute Gasteiger partial charge is 0.156 e. The van der Waals surface area contributed by atoms with Crippen molar-refractivity contribution in [3.63, 3.8) is 0 Å². The van der Waals surface area contributed by atoms with E-state index in [0.717, 1.165) is 0 Å². The van der Waals surface area contributed by atoms with E-state index in [0.29, 0.717) is 10.8 Å². The summed E-state index contributed by atoms with van der Waals surface area (Å²) in [6.45, 7) is 1.60. The van der Waals surface area contributed by atoms with Crippen LogP contribution < -0.4 is 0 Å². The normalized spacial score (nSPS) is 13.1. The SMILES string of the molecule is CC(O)c1ncc(Cl)cn1. The van der Waals surface area contributed by atoms with Crippen LogP contribution in [0, 0.1) is 0 Å². The molecule has 0 amide bonds. The molecule has 4 heteroatoms. The fourth-order valence-electron chi connectivity index (χ4n) is 0.538. The largest absolute Gasteiger partial charge is 0.385 e. The van der Waals surface area contributed by atoms with Crippen molar-refractivity contribution < 1.29 is 5.11 Å². The van der Waals surface area contributed by atoms with Gasteiger partial charge >= 0.3 is 0 Å². The van der Waals surface area contributed by atoms with Crippen molar-refractivity contribution in [1.82, 2.24) is 9.97 Å². The average Bonchev–Trinajstić information content (AvgIpc) is 1.88. The number of hydrogen-bond acceptors (Lipinski definition) is 3. The second kappa shape index (κ2) is 2.94. The molecule has 0 aromatic carbocycles. The molecule has 10 heavy (non-hydrogen) atoms. The van der Waals surface area contributed by atoms with Gasteiger partial charge in [0.1, 0.15) is 6.10 Å². The van der Waals surface area contributed by atoms with Gasteiger partial charge in [-0.05, 0) is 6.92 Å². The molecule has 1 aromatic rings. The molecule has 0 saturated heterocycles. The first-order valence-electron chi connectivity index (χ1n) is 2.85. The van der Waals surface area contributed by atoms with Crippen LogP contribution >= 0.6 is 11.6 Å². The zero-order valence-electron chi connectivity index (χ0n) is 5.45. The maximum atomic E-state index is 8.95. The van der Waals surface area contributed by atoms with Gasteiger partial charge in [0.25, 0.3) is 0 Å². The Morgan fingerprint density at radius 2 is 2.00 bits per heavy atom. The molecule has 0 aliphatic carbocycles. The fraction of sp³-hybridized carbons (Fsp3) is 0.333. The Kier molecular flexibility index (Phi) is 2.19. The van der Waals surface area contributed by atoms with Gasteiger partial charge in [-0.15, -0.1) is 0 Å². The van der Waals surface area contributed by atoms with E-state index >= 15 is 0 Å². The van der Waals surface area contributed by atoms with Gasteiger partial charge in [0.15, 0.2) is 5.82 Å². The third-order valence-electron chi connectivity index (χ3n) is 1.01. The lowest BCUT2D eigenvalue weighted by molar-refractivity contribution is 0.189. The standard InChI is InChI=1S/C6H7ClN2O/c1-4(10)6-8-2-5(7)3-9-6/h2-4,10H,1H3. The lowest BCUT2D eigenvalue weighted by atomic mass is 10.4. The van der Waals surface area contributed by atoms with Crippen molar-refractivity contribution >= 4 is 11.6 Å². The van der Waals surface area contributed by atoms with Gasteiger partial charge in [0.05, 0.1) is 5.02 Å². The van der Waals surface area contributed by atoms with Crippen LogP contribution in [0.15, 0.2) is 12.4 Å². The number of halogens is 1. The molecule has 0 fully saturated rings. The van der Waals surface area contributed by atoms with Crippen LogP contribution in [-0.2, 0) is 0 Å². The van der Waals surface area contributed by atoms with Crippen molar-refractivity contribution in [1.29, 1.82) is 0 Å². The van der Waals surface area contributed by atoms with Gasteiger partial charge in [-0.2, -0.15) is 0 Å². The number of aliphatic hydroxyl groups is 1. The van der Waals surface area contributed by atoms with Crippen molar-refractivity contribution in [2.24, 2.45) is 0 Å². The first-order chi connectivity index (χ1) is 4.70. The summed E-state index contributed by atoms with van der Waals surface area (Å²) >= 11 is 5.51. The zero-order chi connectivity index (χ0) is 7.56. The first kappa shape index (κ1) is 7.44. The summed E-state index contributed by atoms with van der Waals surface area (Å²) in [5, 5.41) is 9.42. The highest BCUT2D eigenvalue weighted by molar-refractivity contribution is 6.30. The number of rotatable bonds is 1. The van der Waals surface area contributed by atoms with Crippen LogP contribution in [0.2, 0.25) is 5.02 Å². The minimum Gasteiger partial charge on any atom is -0.385 e. The molecule has 0 saturated carbocycles. The topological polar surface area (TPSA) is 46.0 Å². The summed E-state index contributed by atoms with van der Waals surface area (Å²) in [5.74, 6) is 0.393. The molecule has 0 aliphatic rings. The van der Waals surface area contributed by atoms with Gasteiger partial charge in [0, 0.05) is 12.4 Å². The minimum absolute atomic E-state index is 0.393. The van der Waals surface area contributed by atoms with Crippen LogP contribution in [0.5, 0.6) is 0 Å². The molecule has 1 atom stereocenters. The van der Waals surface area contributed by atoms with Crippen molar-refractivity contribution in [3.8, 4) is 0 Å². The maximum Gasteiger partial charge on any atom is 0.156 e. The molecule has 1 heterocycles. The molecule has 1 aromatic heterocycles. The summed E-state index contributed by atoms with van der Waals surface area (Å²) in [5.41, 5.74) is 0. The van der Waals surface area contributed by atoms with Crippen LogP contribution in [-0.4, -0.2) is 15.1 Å². The summed E-state index contributed by atoms with van der Waals surface area (Å²) in [7, 11) is 0. The van der Waals surface area contributed by atoms with Crippen LogP contribution in [0.4, 0.5) is 0 Å². The summed E-state index contributed by atoms with van der Waals surface area (Å²) in [4.78, 5) is 7.57. The van der Waals surface area contributed by atoms with Crippen LogP contribution in [0.3, 0.4) is 0 Å². The number of hydrogen-bond donors (Lipinski definition) is 1. The zero-order valence-corrected chi connectivity index (χ0v) is 6.21. The highest BCUT2D eigenvalue weighted by atomic mass is 35.5. The Balaban J connectivity index is 2.89. The van der Waals surface area contributed by atoms with E-state index in [-0.39, 0.29) is 0 Å². The van der Waals surface area contributed by atoms with E-state index < -0.39 is 6.10 Å². The summed E-state index contributed by atoms with van der Waals surface area (Å²) in [6.07, 6.45) is 2.28. The van der Waals surface area contributed by atoms with Gasteiger partial charge in [-0.1, -0.05) is 11.6 Å². The van der Waals surface area contributed by atoms with E-state index in [1.54, 1.807) is 6.92 Å². The summed E-state index contributed by atoms with van der Waals surface area (Å²) in [6, 6.07) is 0. The highest BCUT2D eigenvalue weighted by Crippen LogP contribution is 2.07. The van der Waals surface area contributed by atoms with Crippen molar-refractivity contribution in [2.75, 3.05) is 0 Å². The van der Waals surface area contributed by atoms with Gasteiger partial charge in [-0.3, -0.25) is 0 Å². The Bertz CT molecular complexity index is 209. The van der Waals surface area contributed by atoms with E-state index in [1.165, 1.54) is 12.4 Å². The molecule has 54 valence electrons. The van der Waals surface area contributed by atoms with Crippen molar-refractivity contribution in [3.05, 3.63) is 23.2 Å². The molecular formula is C6H7ClN2O. The quantitative estimate of drug-likeness (QED) is 0.668. The van der Waals surface area contributed by atoms with E-state index in [4.69, 9.17) is 16.7 Å². The lowest BCUT2D eigenvalue weighted by Crippen LogP contribution is -1.97. The molecule has 1 rings (SSSR count). The Morgan fingerprint density at radius 1 is 1.50 bits per heavy atom. The number of nitrogens with zero attached hydrogens (tertiary/aromatic N) is 2. The predicted molar refractivity (Wildman–Crippen MR) is 37.7 cm³/mol. The second-order valence-electron chi connectivity index (χ2n) is 1.94. The third kappa shape index (κ3) is 1.65. The molecule has 1 N–H and O–H groups in total. The molecule has 0 spiro atoms. The molecule has 0 bridgehead atoms. The molecule has 0 aliphatic heterocycles. The molecular weight excluding hydrogens is 152 g/mol. The van der Waals surface area contributed by atoms with Crippen LogP contribution in [0.25, 0.3) is 0 Å². The van der Waals surface area contributed by atoms with Crippen molar-refractivity contribution in [2.45, 2.75) is 13.0 Å². The lowest BCUT2D eigenvalue weighted by Gasteiger charge is -1.99. The van der Waals surface area contributed by atoms with E-state index in [2.05, 4.69) is 9.97 Å². The summed E-state index contributed by atoms with van der Waals surface area (Å²) < 4.78 is 0. The minimum atomic E-state index is -0.628. The average molecular weight is 159 g/mol. The fourth-order valence-corrected chi connectivity index (χ4v) is 0.636. The van der Waals surface area contributed by atoms with E-state index in [1.807, 2.05) is 0 Å². The maximum absolute atomic E-state index is 8.95. The monoisotopic (exact) mass is 158 g/mol. The van der Waals surface area contributed by atoms with Gasteiger partial charge in [-0.25, -0.2) is 9.97 Å².